The van der Waals surface area contributed by atoms with Crippen molar-refractivity contribution in [1.82, 2.24) is 10.6 Å². The van der Waals surface area contributed by atoms with E-state index in [9.17, 15) is 9.59 Å². The maximum absolute atomic E-state index is 11.6. The van der Waals surface area contributed by atoms with Crippen LogP contribution in [0.5, 0.6) is 0 Å². The van der Waals surface area contributed by atoms with Gasteiger partial charge in [0.05, 0.1) is 0 Å². The van der Waals surface area contributed by atoms with Gasteiger partial charge in [0.1, 0.15) is 0 Å². The molecule has 0 unspecified atom stereocenters. The largest absolute Gasteiger partial charge is 0.348 e. The van der Waals surface area contributed by atoms with Crippen LogP contribution in [0.3, 0.4) is 0 Å². The van der Waals surface area contributed by atoms with E-state index in [-0.39, 0.29) is 0 Å². The Morgan fingerprint density at radius 2 is 1.70 bits per heavy atom. The number of benzene rings is 1. The topological polar surface area (TPSA) is 58.2 Å². The molecule has 0 heterocycles. The number of amides is 2. The second kappa shape index (κ2) is 9.13. The maximum Gasteiger partial charge on any atom is 0.309 e. The van der Waals surface area contributed by atoms with E-state index in [2.05, 4.69) is 17.6 Å². The summed E-state index contributed by atoms with van der Waals surface area (Å²) in [6.07, 6.45) is 4.33. The van der Waals surface area contributed by atoms with E-state index in [0.717, 1.165) is 36.8 Å². The molecule has 1 aromatic carbocycles. The van der Waals surface area contributed by atoms with Gasteiger partial charge in [-0.15, -0.1) is 0 Å². The van der Waals surface area contributed by atoms with Gasteiger partial charge >= 0.3 is 11.8 Å². The average Bonchev–Trinajstić information content (AvgIpc) is 2.45. The Balaban J connectivity index is 2.25. The van der Waals surface area contributed by atoms with Crippen LogP contribution in [-0.4, -0.2) is 18.4 Å². The minimum atomic E-state index is -0.566. The van der Waals surface area contributed by atoms with Crippen molar-refractivity contribution < 1.29 is 9.59 Å². The number of carbonyl (C=O) groups is 2. The van der Waals surface area contributed by atoms with Crippen LogP contribution in [0, 0.1) is 6.92 Å². The molecular weight excluding hydrogens is 252 g/mol. The molecule has 2 amide bonds. The minimum absolute atomic E-state index is 0.384. The molecule has 0 radical (unpaired) electrons. The fraction of sp³-hybridized carbons (Fsp3) is 0.500. The van der Waals surface area contributed by atoms with Gasteiger partial charge in [0.25, 0.3) is 0 Å². The van der Waals surface area contributed by atoms with Gasteiger partial charge < -0.3 is 10.6 Å². The lowest BCUT2D eigenvalue weighted by Gasteiger charge is -2.08. The van der Waals surface area contributed by atoms with Crippen LogP contribution < -0.4 is 10.6 Å². The van der Waals surface area contributed by atoms with Gasteiger partial charge in [-0.25, -0.2) is 0 Å². The Labute approximate surface area is 121 Å². The standard InChI is InChI=1S/C16H24N2O2/c1-3-4-5-8-11-17-15(19)16(20)18-12-14-10-7-6-9-13(14)2/h6-7,9-10H,3-5,8,11-12H2,1-2H3,(H,17,19)(H,18,20). The van der Waals surface area contributed by atoms with Crippen molar-refractivity contribution >= 4 is 11.8 Å². The Hall–Kier alpha value is -1.84. The van der Waals surface area contributed by atoms with E-state index in [0.29, 0.717) is 13.1 Å². The van der Waals surface area contributed by atoms with Crippen molar-refractivity contribution in [2.75, 3.05) is 6.54 Å². The smallest absolute Gasteiger partial charge is 0.309 e. The zero-order valence-corrected chi connectivity index (χ0v) is 12.4. The van der Waals surface area contributed by atoms with Crippen LogP contribution in [-0.2, 0) is 16.1 Å². The Kier molecular flexibility index (Phi) is 7.40. The third kappa shape index (κ3) is 5.87. The molecule has 0 aliphatic heterocycles. The number of aryl methyl sites for hydroxylation is 1. The summed E-state index contributed by atoms with van der Waals surface area (Å²) in [5, 5.41) is 5.28. The average molecular weight is 276 g/mol. The summed E-state index contributed by atoms with van der Waals surface area (Å²) in [5.41, 5.74) is 2.13. The number of nitrogens with one attached hydrogen (secondary N) is 2. The molecule has 0 saturated carbocycles. The lowest BCUT2D eigenvalue weighted by molar-refractivity contribution is -0.139. The molecule has 0 bridgehead atoms. The summed E-state index contributed by atoms with van der Waals surface area (Å²) >= 11 is 0. The van der Waals surface area contributed by atoms with Crippen LogP contribution in [0.15, 0.2) is 24.3 Å². The van der Waals surface area contributed by atoms with Crippen molar-refractivity contribution in [3.63, 3.8) is 0 Å². The van der Waals surface area contributed by atoms with Crippen LogP contribution in [0.4, 0.5) is 0 Å². The predicted molar refractivity (Wildman–Crippen MR) is 80.2 cm³/mol. The van der Waals surface area contributed by atoms with Crippen molar-refractivity contribution in [2.45, 2.75) is 46.1 Å². The van der Waals surface area contributed by atoms with Gasteiger partial charge in [0, 0.05) is 13.1 Å². The lowest BCUT2D eigenvalue weighted by atomic mass is 10.1. The molecule has 110 valence electrons. The van der Waals surface area contributed by atoms with Crippen molar-refractivity contribution in [2.24, 2.45) is 0 Å². The van der Waals surface area contributed by atoms with Gasteiger partial charge in [-0.1, -0.05) is 50.5 Å². The van der Waals surface area contributed by atoms with Crippen LogP contribution in [0.25, 0.3) is 0 Å². The van der Waals surface area contributed by atoms with Crippen molar-refractivity contribution in [3.8, 4) is 0 Å². The summed E-state index contributed by atoms with van der Waals surface area (Å²) in [4.78, 5) is 23.2. The normalized spacial score (nSPS) is 10.1. The van der Waals surface area contributed by atoms with Gasteiger partial charge in [-0.05, 0) is 24.5 Å². The van der Waals surface area contributed by atoms with Gasteiger partial charge in [0.2, 0.25) is 0 Å². The summed E-state index contributed by atoms with van der Waals surface area (Å²) in [7, 11) is 0. The Morgan fingerprint density at radius 3 is 2.40 bits per heavy atom. The highest BCUT2D eigenvalue weighted by molar-refractivity contribution is 6.35. The van der Waals surface area contributed by atoms with E-state index >= 15 is 0 Å². The second-order valence-electron chi connectivity index (χ2n) is 4.93. The van der Waals surface area contributed by atoms with E-state index in [1.807, 2.05) is 31.2 Å². The van der Waals surface area contributed by atoms with Gasteiger partial charge in [-0.2, -0.15) is 0 Å². The maximum atomic E-state index is 11.6. The highest BCUT2D eigenvalue weighted by Gasteiger charge is 2.12. The molecule has 0 aromatic heterocycles. The fourth-order valence-corrected chi connectivity index (χ4v) is 1.90. The third-order valence-corrected chi connectivity index (χ3v) is 3.22. The molecule has 2 N–H and O–H groups in total. The first-order valence-corrected chi connectivity index (χ1v) is 7.25. The monoisotopic (exact) mass is 276 g/mol. The van der Waals surface area contributed by atoms with E-state index in [1.54, 1.807) is 0 Å². The molecule has 0 saturated heterocycles. The number of hydrogen-bond acceptors (Lipinski definition) is 2. The predicted octanol–water partition coefficient (Wildman–Crippen LogP) is 2.31. The Morgan fingerprint density at radius 1 is 1.00 bits per heavy atom. The molecule has 4 heteroatoms. The van der Waals surface area contributed by atoms with E-state index in [4.69, 9.17) is 0 Å². The molecule has 1 rings (SSSR count). The zero-order valence-electron chi connectivity index (χ0n) is 12.4. The first-order chi connectivity index (χ1) is 9.65. The number of carbonyl (C=O) groups excluding carboxylic acids is 2. The molecule has 20 heavy (non-hydrogen) atoms. The van der Waals surface area contributed by atoms with Crippen molar-refractivity contribution in [1.29, 1.82) is 0 Å². The number of unbranched alkanes of at least 4 members (excludes halogenated alkanes) is 3. The molecule has 0 spiro atoms. The SMILES string of the molecule is CCCCCCNC(=O)C(=O)NCc1ccccc1C. The zero-order chi connectivity index (χ0) is 14.8. The lowest BCUT2D eigenvalue weighted by Crippen LogP contribution is -2.40. The molecule has 1 aromatic rings. The Bertz CT molecular complexity index is 444. The highest BCUT2D eigenvalue weighted by atomic mass is 16.2. The molecule has 0 aliphatic rings. The van der Waals surface area contributed by atoms with Gasteiger partial charge in [0.15, 0.2) is 0 Å². The number of hydrogen-bond donors (Lipinski definition) is 2. The quantitative estimate of drug-likeness (QED) is 0.593. The molecule has 0 fully saturated rings. The van der Waals surface area contributed by atoms with Crippen LogP contribution in [0.2, 0.25) is 0 Å². The summed E-state index contributed by atoms with van der Waals surface area (Å²) < 4.78 is 0. The van der Waals surface area contributed by atoms with Crippen LogP contribution >= 0.6 is 0 Å². The fourth-order valence-electron chi connectivity index (χ4n) is 1.90. The van der Waals surface area contributed by atoms with E-state index in [1.165, 1.54) is 0 Å². The highest BCUT2D eigenvalue weighted by Crippen LogP contribution is 2.05. The number of rotatable bonds is 7. The summed E-state index contributed by atoms with van der Waals surface area (Å²) in [6.45, 7) is 5.07. The van der Waals surface area contributed by atoms with Gasteiger partial charge in [-0.3, -0.25) is 9.59 Å². The first kappa shape index (κ1) is 16.2. The molecule has 0 aliphatic carbocycles. The van der Waals surface area contributed by atoms with Crippen LogP contribution in [0.1, 0.15) is 43.7 Å². The molecule has 0 atom stereocenters. The minimum Gasteiger partial charge on any atom is -0.348 e. The van der Waals surface area contributed by atoms with E-state index < -0.39 is 11.8 Å². The summed E-state index contributed by atoms with van der Waals surface area (Å²) in [6, 6.07) is 7.79. The second-order valence-corrected chi connectivity index (χ2v) is 4.93. The molecule has 4 nitrogen and oxygen atoms in total. The molecular formula is C16H24N2O2. The van der Waals surface area contributed by atoms with Crippen molar-refractivity contribution in [3.05, 3.63) is 35.4 Å². The summed E-state index contributed by atoms with van der Waals surface area (Å²) in [5.74, 6) is -1.11. The first-order valence-electron chi connectivity index (χ1n) is 7.25. The third-order valence-electron chi connectivity index (χ3n) is 3.22.